The number of hydrogen-bond donors (Lipinski definition) is 2. The smallest absolute Gasteiger partial charge is 0.221 e. The maximum Gasteiger partial charge on any atom is 0.221 e. The summed E-state index contributed by atoms with van der Waals surface area (Å²) in [7, 11) is 0. The third-order valence-electron chi connectivity index (χ3n) is 4.59. The zero-order valence-electron chi connectivity index (χ0n) is 12.7. The van der Waals surface area contributed by atoms with Gasteiger partial charge in [-0.25, -0.2) is 0 Å². The van der Waals surface area contributed by atoms with Gasteiger partial charge >= 0.3 is 0 Å². The van der Waals surface area contributed by atoms with Gasteiger partial charge in [-0.15, -0.1) is 0 Å². The van der Waals surface area contributed by atoms with Crippen LogP contribution in [0.1, 0.15) is 24.4 Å². The van der Waals surface area contributed by atoms with Crippen molar-refractivity contribution >= 4 is 16.7 Å². The number of amides is 1. The van der Waals surface area contributed by atoms with Gasteiger partial charge in [0, 0.05) is 19.1 Å². The molecule has 1 saturated heterocycles. The maximum atomic E-state index is 11.4. The standard InChI is InChI=1S/C18H23N3O/c19-17(12-21-10-4-7-14(11-21)18(20)22)16-9-3-6-13-5-1-2-8-15(13)16/h1-3,5-6,8-9,14,17H,4,7,10-12,19H2,(H2,20,22). The summed E-state index contributed by atoms with van der Waals surface area (Å²) in [6.07, 6.45) is 1.91. The molecule has 2 aromatic carbocycles. The molecule has 0 bridgehead atoms. The van der Waals surface area contributed by atoms with Crippen molar-refractivity contribution in [1.29, 1.82) is 0 Å². The Morgan fingerprint density at radius 1 is 1.23 bits per heavy atom. The highest BCUT2D eigenvalue weighted by Gasteiger charge is 2.25. The number of benzene rings is 2. The Hall–Kier alpha value is -1.91. The largest absolute Gasteiger partial charge is 0.369 e. The second-order valence-corrected chi connectivity index (χ2v) is 6.18. The highest BCUT2D eigenvalue weighted by Crippen LogP contribution is 2.25. The summed E-state index contributed by atoms with van der Waals surface area (Å²) in [4.78, 5) is 13.7. The lowest BCUT2D eigenvalue weighted by Crippen LogP contribution is -2.43. The van der Waals surface area contributed by atoms with Gasteiger partial charge in [0.05, 0.1) is 5.92 Å². The van der Waals surface area contributed by atoms with Gasteiger partial charge in [-0.3, -0.25) is 4.79 Å². The minimum Gasteiger partial charge on any atom is -0.369 e. The van der Waals surface area contributed by atoms with Crippen LogP contribution < -0.4 is 11.5 Å². The summed E-state index contributed by atoms with van der Waals surface area (Å²) in [5.74, 6) is -0.225. The topological polar surface area (TPSA) is 72.4 Å². The Morgan fingerprint density at radius 3 is 2.82 bits per heavy atom. The average molecular weight is 297 g/mol. The molecule has 3 rings (SSSR count). The van der Waals surface area contributed by atoms with Crippen LogP contribution in [0, 0.1) is 5.92 Å². The highest BCUT2D eigenvalue weighted by atomic mass is 16.1. The van der Waals surface area contributed by atoms with E-state index < -0.39 is 0 Å². The number of carbonyl (C=O) groups is 1. The lowest BCUT2D eigenvalue weighted by atomic mass is 9.95. The molecular weight excluding hydrogens is 274 g/mol. The van der Waals surface area contributed by atoms with Crippen LogP contribution in [0.3, 0.4) is 0 Å². The Morgan fingerprint density at radius 2 is 2.00 bits per heavy atom. The molecule has 0 saturated carbocycles. The molecule has 1 aliphatic rings. The van der Waals surface area contributed by atoms with E-state index in [1.165, 1.54) is 16.3 Å². The number of primary amides is 1. The van der Waals surface area contributed by atoms with Crippen molar-refractivity contribution in [3.05, 3.63) is 48.0 Å². The van der Waals surface area contributed by atoms with E-state index in [1.807, 2.05) is 12.1 Å². The third kappa shape index (κ3) is 3.13. The first kappa shape index (κ1) is 15.0. The summed E-state index contributed by atoms with van der Waals surface area (Å²) >= 11 is 0. The van der Waals surface area contributed by atoms with Crippen LogP contribution in [0.15, 0.2) is 42.5 Å². The van der Waals surface area contributed by atoms with Crippen molar-refractivity contribution in [2.75, 3.05) is 19.6 Å². The number of rotatable bonds is 4. The first-order valence-corrected chi connectivity index (χ1v) is 7.90. The first-order chi connectivity index (χ1) is 10.6. The maximum absolute atomic E-state index is 11.4. The molecule has 1 heterocycles. The minimum absolute atomic E-state index is 0.0338. The highest BCUT2D eigenvalue weighted by molar-refractivity contribution is 5.86. The second-order valence-electron chi connectivity index (χ2n) is 6.18. The number of fused-ring (bicyclic) bond motifs is 1. The molecule has 0 radical (unpaired) electrons. The van der Waals surface area contributed by atoms with E-state index in [0.717, 1.165) is 32.5 Å². The predicted molar refractivity (Wildman–Crippen MR) is 89.2 cm³/mol. The molecule has 0 spiro atoms. The molecule has 0 aromatic heterocycles. The molecule has 2 atom stereocenters. The van der Waals surface area contributed by atoms with E-state index in [4.69, 9.17) is 11.5 Å². The molecule has 4 N–H and O–H groups in total. The van der Waals surface area contributed by atoms with Crippen molar-refractivity contribution in [1.82, 2.24) is 4.90 Å². The van der Waals surface area contributed by atoms with Gasteiger partial charge in [0.25, 0.3) is 0 Å². The van der Waals surface area contributed by atoms with Gasteiger partial charge in [0.15, 0.2) is 0 Å². The monoisotopic (exact) mass is 297 g/mol. The summed E-state index contributed by atoms with van der Waals surface area (Å²) in [5.41, 5.74) is 13.1. The fourth-order valence-electron chi connectivity index (χ4n) is 3.40. The van der Waals surface area contributed by atoms with E-state index in [9.17, 15) is 4.79 Å². The molecule has 0 aliphatic carbocycles. The molecule has 2 unspecified atom stereocenters. The van der Waals surface area contributed by atoms with Crippen molar-refractivity contribution < 1.29 is 4.79 Å². The SMILES string of the molecule is NC(=O)C1CCCN(CC(N)c2cccc3ccccc23)C1. The summed E-state index contributed by atoms with van der Waals surface area (Å²) in [6, 6.07) is 14.5. The van der Waals surface area contributed by atoms with Crippen LogP contribution >= 0.6 is 0 Å². The number of likely N-dealkylation sites (tertiary alicyclic amines) is 1. The van der Waals surface area contributed by atoms with Crippen LogP contribution in [-0.4, -0.2) is 30.4 Å². The Bertz CT molecular complexity index is 665. The summed E-state index contributed by atoms with van der Waals surface area (Å²) in [6.45, 7) is 2.48. The molecule has 116 valence electrons. The Balaban J connectivity index is 1.76. The molecule has 1 fully saturated rings. The van der Waals surface area contributed by atoms with Gasteiger partial charge in [-0.1, -0.05) is 42.5 Å². The molecule has 4 heteroatoms. The van der Waals surface area contributed by atoms with Crippen LogP contribution in [0.2, 0.25) is 0 Å². The van der Waals surface area contributed by atoms with E-state index in [0.29, 0.717) is 0 Å². The zero-order chi connectivity index (χ0) is 15.5. The number of nitrogens with zero attached hydrogens (tertiary/aromatic N) is 1. The van der Waals surface area contributed by atoms with Gasteiger partial charge in [0.1, 0.15) is 0 Å². The molecule has 2 aromatic rings. The van der Waals surface area contributed by atoms with E-state index >= 15 is 0 Å². The van der Waals surface area contributed by atoms with E-state index in [-0.39, 0.29) is 17.9 Å². The molecule has 1 aliphatic heterocycles. The number of piperidine rings is 1. The number of nitrogens with two attached hydrogens (primary N) is 2. The van der Waals surface area contributed by atoms with E-state index in [1.54, 1.807) is 0 Å². The van der Waals surface area contributed by atoms with Crippen LogP contribution in [0.5, 0.6) is 0 Å². The first-order valence-electron chi connectivity index (χ1n) is 7.90. The summed E-state index contributed by atoms with van der Waals surface area (Å²) in [5, 5.41) is 2.42. The molecule has 4 nitrogen and oxygen atoms in total. The minimum atomic E-state index is -0.191. The van der Waals surface area contributed by atoms with Gasteiger partial charge in [-0.2, -0.15) is 0 Å². The van der Waals surface area contributed by atoms with Gasteiger partial charge < -0.3 is 16.4 Å². The lowest BCUT2D eigenvalue weighted by molar-refractivity contribution is -0.123. The lowest BCUT2D eigenvalue weighted by Gasteiger charge is -2.33. The number of carbonyl (C=O) groups excluding carboxylic acids is 1. The van der Waals surface area contributed by atoms with Crippen LogP contribution in [0.4, 0.5) is 0 Å². The molecular formula is C18H23N3O. The Kier molecular flexibility index (Phi) is 4.41. The van der Waals surface area contributed by atoms with Gasteiger partial charge in [0.2, 0.25) is 5.91 Å². The normalized spacial score (nSPS) is 20.9. The average Bonchev–Trinajstić information content (AvgIpc) is 2.54. The van der Waals surface area contributed by atoms with Crippen molar-refractivity contribution in [3.63, 3.8) is 0 Å². The van der Waals surface area contributed by atoms with Crippen molar-refractivity contribution in [2.45, 2.75) is 18.9 Å². The summed E-state index contributed by atoms with van der Waals surface area (Å²) < 4.78 is 0. The number of hydrogen-bond acceptors (Lipinski definition) is 3. The van der Waals surface area contributed by atoms with Crippen LogP contribution in [0.25, 0.3) is 10.8 Å². The van der Waals surface area contributed by atoms with Gasteiger partial charge in [-0.05, 0) is 35.7 Å². The zero-order valence-corrected chi connectivity index (χ0v) is 12.7. The van der Waals surface area contributed by atoms with Crippen molar-refractivity contribution in [2.24, 2.45) is 17.4 Å². The fraction of sp³-hybridized carbons (Fsp3) is 0.389. The Labute approximate surface area is 131 Å². The second kappa shape index (κ2) is 6.46. The van der Waals surface area contributed by atoms with Crippen LogP contribution in [-0.2, 0) is 4.79 Å². The fourth-order valence-corrected chi connectivity index (χ4v) is 3.40. The predicted octanol–water partition coefficient (Wildman–Crippen LogP) is 2.04. The van der Waals surface area contributed by atoms with E-state index in [2.05, 4.69) is 35.2 Å². The third-order valence-corrected chi connectivity index (χ3v) is 4.59. The van der Waals surface area contributed by atoms with Crippen molar-refractivity contribution in [3.8, 4) is 0 Å². The quantitative estimate of drug-likeness (QED) is 0.907. The molecule has 1 amide bonds. The molecule has 22 heavy (non-hydrogen) atoms.